The van der Waals surface area contributed by atoms with Gasteiger partial charge in [-0.25, -0.2) is 5.43 Å². The van der Waals surface area contributed by atoms with Crippen molar-refractivity contribution >= 4 is 33.7 Å². The molecule has 3 aromatic carbocycles. The first-order chi connectivity index (χ1) is 16.9. The van der Waals surface area contributed by atoms with Crippen molar-refractivity contribution in [2.75, 3.05) is 21.3 Å². The number of benzene rings is 3. The Bertz CT molecular complexity index is 1250. The number of hydrogen-bond donors (Lipinski definition) is 1. The standard InChI is InChI=1S/C24H22BrN3O7/c1-32-20-9-6-17(12-21(20)33-2)24(29)27-26-13-16-10-19(25)23(22(11-16)34-3)35-14-15-4-7-18(8-5-15)28(30)31/h4-13H,14H2,1-3H3,(H,27,29)/b26-13+. The maximum atomic E-state index is 12.4. The summed E-state index contributed by atoms with van der Waals surface area (Å²) < 4.78 is 22.3. The highest BCUT2D eigenvalue weighted by Gasteiger charge is 2.13. The number of nitrogens with one attached hydrogen (secondary N) is 1. The number of nitrogens with zero attached hydrogens (tertiary/aromatic N) is 2. The zero-order chi connectivity index (χ0) is 25.4. The van der Waals surface area contributed by atoms with Crippen LogP contribution < -0.4 is 24.4 Å². The number of ether oxygens (including phenoxy) is 4. The SMILES string of the molecule is COc1ccc(C(=O)N/N=C/c2cc(Br)c(OCc3ccc([N+](=O)[O-])cc3)c(OC)c2)cc1OC. The maximum absolute atomic E-state index is 12.4. The molecule has 0 bridgehead atoms. The number of amides is 1. The number of hydrogen-bond acceptors (Lipinski definition) is 8. The van der Waals surface area contributed by atoms with Crippen LogP contribution in [0.15, 0.2) is 64.2 Å². The second kappa shape index (κ2) is 11.8. The van der Waals surface area contributed by atoms with Crippen LogP contribution in [0, 0.1) is 10.1 Å². The van der Waals surface area contributed by atoms with Gasteiger partial charge in [0.05, 0.1) is 36.9 Å². The summed E-state index contributed by atoms with van der Waals surface area (Å²) in [6, 6.07) is 14.3. The summed E-state index contributed by atoms with van der Waals surface area (Å²) in [5.41, 5.74) is 4.23. The van der Waals surface area contributed by atoms with Gasteiger partial charge in [-0.3, -0.25) is 14.9 Å². The molecule has 0 fully saturated rings. The molecule has 0 aliphatic heterocycles. The van der Waals surface area contributed by atoms with Gasteiger partial charge in [-0.05, 0) is 69.5 Å². The van der Waals surface area contributed by atoms with Gasteiger partial charge in [0.15, 0.2) is 23.0 Å². The minimum Gasteiger partial charge on any atom is -0.493 e. The van der Waals surface area contributed by atoms with Gasteiger partial charge in [0.1, 0.15) is 6.61 Å². The van der Waals surface area contributed by atoms with E-state index in [4.69, 9.17) is 18.9 Å². The lowest BCUT2D eigenvalue weighted by molar-refractivity contribution is -0.384. The Kier molecular flexibility index (Phi) is 8.63. The summed E-state index contributed by atoms with van der Waals surface area (Å²) in [4.78, 5) is 22.7. The molecular weight excluding hydrogens is 522 g/mol. The van der Waals surface area contributed by atoms with Gasteiger partial charge in [0, 0.05) is 17.7 Å². The van der Waals surface area contributed by atoms with Gasteiger partial charge in [0.2, 0.25) is 0 Å². The highest BCUT2D eigenvalue weighted by molar-refractivity contribution is 9.10. The van der Waals surface area contributed by atoms with Crippen LogP contribution >= 0.6 is 15.9 Å². The highest BCUT2D eigenvalue weighted by atomic mass is 79.9. The monoisotopic (exact) mass is 543 g/mol. The third-order valence-corrected chi connectivity index (χ3v) is 5.40. The first-order valence-corrected chi connectivity index (χ1v) is 10.9. The molecule has 3 rings (SSSR count). The van der Waals surface area contributed by atoms with Crippen LogP contribution in [-0.2, 0) is 6.61 Å². The van der Waals surface area contributed by atoms with Gasteiger partial charge >= 0.3 is 0 Å². The van der Waals surface area contributed by atoms with Crippen LogP contribution in [-0.4, -0.2) is 38.4 Å². The maximum Gasteiger partial charge on any atom is 0.271 e. The molecule has 0 spiro atoms. The molecule has 0 unspecified atom stereocenters. The molecule has 35 heavy (non-hydrogen) atoms. The van der Waals surface area contributed by atoms with Crippen molar-refractivity contribution in [1.29, 1.82) is 0 Å². The number of non-ortho nitro benzene ring substituents is 1. The summed E-state index contributed by atoms with van der Waals surface area (Å²) in [6.07, 6.45) is 1.46. The normalized spacial score (nSPS) is 10.6. The van der Waals surface area contributed by atoms with Crippen LogP contribution in [0.5, 0.6) is 23.0 Å². The van der Waals surface area contributed by atoms with Crippen molar-refractivity contribution in [3.63, 3.8) is 0 Å². The number of carbonyl (C=O) groups is 1. The molecule has 0 aromatic heterocycles. The summed E-state index contributed by atoms with van der Waals surface area (Å²) in [5.74, 6) is 1.42. The Morgan fingerprint density at radius 3 is 2.31 bits per heavy atom. The van der Waals surface area contributed by atoms with E-state index < -0.39 is 10.8 Å². The van der Waals surface area contributed by atoms with Crippen LogP contribution in [0.4, 0.5) is 5.69 Å². The van der Waals surface area contributed by atoms with Gasteiger partial charge in [-0.1, -0.05) is 0 Å². The van der Waals surface area contributed by atoms with E-state index in [0.29, 0.717) is 38.6 Å². The quantitative estimate of drug-likeness (QED) is 0.223. The average Bonchev–Trinajstić information content (AvgIpc) is 2.87. The van der Waals surface area contributed by atoms with E-state index in [-0.39, 0.29) is 12.3 Å². The fourth-order valence-corrected chi connectivity index (χ4v) is 3.61. The molecule has 182 valence electrons. The minimum absolute atomic E-state index is 0.00868. The van der Waals surface area contributed by atoms with Crippen molar-refractivity contribution in [2.24, 2.45) is 5.10 Å². The Labute approximate surface area is 209 Å². The third kappa shape index (κ3) is 6.48. The number of halogens is 1. The van der Waals surface area contributed by atoms with Crippen LogP contribution in [0.3, 0.4) is 0 Å². The fourth-order valence-electron chi connectivity index (χ4n) is 3.03. The lowest BCUT2D eigenvalue weighted by Crippen LogP contribution is -2.17. The second-order valence-corrected chi connectivity index (χ2v) is 7.87. The van der Waals surface area contributed by atoms with Gasteiger partial charge in [-0.2, -0.15) is 5.10 Å². The summed E-state index contributed by atoms with van der Waals surface area (Å²) in [7, 11) is 4.50. The molecule has 0 radical (unpaired) electrons. The number of carbonyl (C=O) groups excluding carboxylic acids is 1. The molecule has 1 amide bonds. The molecule has 0 aliphatic rings. The summed E-state index contributed by atoms with van der Waals surface area (Å²) in [6.45, 7) is 0.182. The first-order valence-electron chi connectivity index (χ1n) is 10.1. The molecule has 0 saturated carbocycles. The first kappa shape index (κ1) is 25.5. The molecular formula is C24H22BrN3O7. The minimum atomic E-state index is -0.458. The summed E-state index contributed by atoms with van der Waals surface area (Å²) in [5, 5.41) is 14.8. The van der Waals surface area contributed by atoms with E-state index in [9.17, 15) is 14.9 Å². The lowest BCUT2D eigenvalue weighted by Gasteiger charge is -2.13. The number of rotatable bonds is 10. The Hall–Kier alpha value is -4.12. The average molecular weight is 544 g/mol. The second-order valence-electron chi connectivity index (χ2n) is 7.02. The molecule has 3 aromatic rings. The largest absolute Gasteiger partial charge is 0.493 e. The topological polar surface area (TPSA) is 122 Å². The molecule has 0 atom stereocenters. The Morgan fingerprint density at radius 2 is 1.69 bits per heavy atom. The molecule has 0 saturated heterocycles. The Morgan fingerprint density at radius 1 is 1.00 bits per heavy atom. The fraction of sp³-hybridized carbons (Fsp3) is 0.167. The van der Waals surface area contributed by atoms with Crippen molar-refractivity contribution in [1.82, 2.24) is 5.43 Å². The van der Waals surface area contributed by atoms with Gasteiger partial charge in [0.25, 0.3) is 11.6 Å². The predicted octanol–water partition coefficient (Wildman–Crippen LogP) is 4.73. The summed E-state index contributed by atoms with van der Waals surface area (Å²) >= 11 is 3.46. The number of hydrazone groups is 1. The smallest absolute Gasteiger partial charge is 0.271 e. The van der Waals surface area contributed by atoms with Crippen molar-refractivity contribution in [3.8, 4) is 23.0 Å². The van der Waals surface area contributed by atoms with E-state index in [1.165, 1.54) is 39.7 Å². The highest BCUT2D eigenvalue weighted by Crippen LogP contribution is 2.37. The predicted molar refractivity (Wildman–Crippen MR) is 133 cm³/mol. The van der Waals surface area contributed by atoms with Crippen molar-refractivity contribution in [2.45, 2.75) is 6.61 Å². The van der Waals surface area contributed by atoms with Crippen LogP contribution in [0.2, 0.25) is 0 Å². The van der Waals surface area contributed by atoms with Crippen molar-refractivity contribution in [3.05, 3.63) is 85.9 Å². The van der Waals surface area contributed by atoms with Crippen LogP contribution in [0.25, 0.3) is 0 Å². The molecule has 0 heterocycles. The molecule has 11 heteroatoms. The third-order valence-electron chi connectivity index (χ3n) is 4.81. The number of nitro groups is 1. The lowest BCUT2D eigenvalue weighted by atomic mass is 10.2. The molecule has 1 N–H and O–H groups in total. The Balaban J connectivity index is 1.68. The van der Waals surface area contributed by atoms with Gasteiger partial charge < -0.3 is 18.9 Å². The van der Waals surface area contributed by atoms with E-state index in [1.807, 2.05) is 0 Å². The molecule has 0 aliphatic carbocycles. The van der Waals surface area contributed by atoms with Gasteiger partial charge in [-0.15, -0.1) is 0 Å². The van der Waals surface area contributed by atoms with Crippen LogP contribution in [0.1, 0.15) is 21.5 Å². The zero-order valence-electron chi connectivity index (χ0n) is 19.1. The number of methoxy groups -OCH3 is 3. The number of nitro benzene ring substituents is 1. The van der Waals surface area contributed by atoms with Crippen molar-refractivity contribution < 1.29 is 28.7 Å². The van der Waals surface area contributed by atoms with E-state index in [0.717, 1.165) is 5.56 Å². The molecule has 10 nitrogen and oxygen atoms in total. The van der Waals surface area contributed by atoms with E-state index in [1.54, 1.807) is 42.5 Å². The van der Waals surface area contributed by atoms with E-state index >= 15 is 0 Å². The zero-order valence-corrected chi connectivity index (χ0v) is 20.7. The van der Waals surface area contributed by atoms with E-state index in [2.05, 4.69) is 26.5 Å².